The number of hydrogen-bond acceptors (Lipinski definition) is 16. The lowest BCUT2D eigenvalue weighted by Crippen LogP contribution is -2.68. The van der Waals surface area contributed by atoms with Gasteiger partial charge >= 0.3 is 0 Å². The first-order valence-corrected chi connectivity index (χ1v) is 22.7. The molecular weight excluding hydrogens is 784 g/mol. The number of hydrogen-bond donors (Lipinski definition) is 9. The van der Waals surface area contributed by atoms with Gasteiger partial charge in [0.2, 0.25) is 0 Å². The van der Waals surface area contributed by atoms with Gasteiger partial charge in [0.25, 0.3) is 0 Å². The lowest BCUT2D eigenvalue weighted by atomic mass is 9.44. The summed E-state index contributed by atoms with van der Waals surface area (Å²) < 4.78 is 44.8. The summed E-state index contributed by atoms with van der Waals surface area (Å²) in [5.41, 5.74) is 0.642. The number of fused-ring (bicyclic) bond motifs is 7. The highest BCUT2D eigenvalue weighted by atomic mass is 16.7. The predicted octanol–water partition coefficient (Wildman–Crippen LogP) is 0.0975. The SMILES string of the molecule is C[C@@H]1CC[C@@]2(OC1)O[C@H]1C[C@H]3[C@@H]4CC=C5C[C@@H](O)C[C@@H]([C@@H]6O[C@H](C)[C@H](O)[C@H](O[C@@H]7OC[C@@H](O)[C@H](O)[C@H]7O)[C@H]6O[C@@H]6O[C@H](CO)[C@@H](O)[C@H](O)[C@H]6O)[C@]5(C)[C@H]4CC[C@]3(C)[C@H]1[C@@H]2C. The molecule has 0 aromatic rings. The number of allylic oxidation sites excluding steroid dienone is 1. The molecule has 0 bridgehead atoms. The molecule has 0 aromatic heterocycles. The molecule has 342 valence electrons. The average Bonchev–Trinajstić information content (AvgIpc) is 3.67. The van der Waals surface area contributed by atoms with E-state index in [0.717, 1.165) is 50.7 Å². The van der Waals surface area contributed by atoms with Crippen molar-refractivity contribution in [2.75, 3.05) is 19.8 Å². The van der Waals surface area contributed by atoms with Gasteiger partial charge in [-0.15, -0.1) is 0 Å². The molecule has 5 heterocycles. The molecule has 0 unspecified atom stereocenters. The summed E-state index contributed by atoms with van der Waals surface area (Å²) in [5, 5.41) is 97.9. The first-order valence-electron chi connectivity index (χ1n) is 22.7. The molecule has 5 saturated heterocycles. The summed E-state index contributed by atoms with van der Waals surface area (Å²) in [7, 11) is 0. The van der Waals surface area contributed by atoms with Crippen molar-refractivity contribution in [1.82, 2.24) is 0 Å². The van der Waals surface area contributed by atoms with Gasteiger partial charge in [0, 0.05) is 12.3 Å². The summed E-state index contributed by atoms with van der Waals surface area (Å²) in [4.78, 5) is 0. The average molecular weight is 855 g/mol. The largest absolute Gasteiger partial charge is 0.394 e. The zero-order valence-electron chi connectivity index (χ0n) is 35.5. The Bertz CT molecular complexity index is 1570. The molecule has 9 rings (SSSR count). The predicted molar refractivity (Wildman–Crippen MR) is 208 cm³/mol. The number of ether oxygens (including phenoxy) is 7. The van der Waals surface area contributed by atoms with Crippen molar-refractivity contribution in [3.8, 4) is 0 Å². The molecule has 9 N–H and O–H groups in total. The van der Waals surface area contributed by atoms with E-state index in [2.05, 4.69) is 33.8 Å². The zero-order chi connectivity index (χ0) is 42.8. The molecule has 4 aliphatic carbocycles. The smallest absolute Gasteiger partial charge is 0.187 e. The Morgan fingerprint density at radius 3 is 2.20 bits per heavy atom. The maximum atomic E-state index is 11.8. The van der Waals surface area contributed by atoms with Crippen LogP contribution in [0.3, 0.4) is 0 Å². The zero-order valence-corrected chi connectivity index (χ0v) is 35.5. The first-order chi connectivity index (χ1) is 28.4. The van der Waals surface area contributed by atoms with Crippen molar-refractivity contribution < 1.29 is 79.1 Å². The molecule has 0 radical (unpaired) electrons. The highest BCUT2D eigenvalue weighted by Gasteiger charge is 2.70. The van der Waals surface area contributed by atoms with Crippen molar-refractivity contribution >= 4 is 0 Å². The van der Waals surface area contributed by atoms with E-state index in [-0.39, 0.29) is 30.0 Å². The van der Waals surface area contributed by atoms with Crippen LogP contribution < -0.4 is 0 Å². The molecule has 8 fully saturated rings. The van der Waals surface area contributed by atoms with E-state index in [0.29, 0.717) is 36.5 Å². The van der Waals surface area contributed by atoms with E-state index in [1.165, 1.54) is 0 Å². The highest BCUT2D eigenvalue weighted by molar-refractivity contribution is 5.29. The third-order valence-corrected chi connectivity index (χ3v) is 17.7. The van der Waals surface area contributed by atoms with Gasteiger partial charge in [0.1, 0.15) is 61.0 Å². The Morgan fingerprint density at radius 2 is 1.48 bits per heavy atom. The Kier molecular flexibility index (Phi) is 12.0. The monoisotopic (exact) mass is 854 g/mol. The Labute approximate surface area is 352 Å². The molecule has 1 spiro atoms. The molecular formula is C44H70O16. The number of aliphatic hydroxyl groups is 9. The molecule has 9 aliphatic rings. The summed E-state index contributed by atoms with van der Waals surface area (Å²) in [6.07, 6.45) is -11.9. The van der Waals surface area contributed by atoms with Gasteiger partial charge in [-0.25, -0.2) is 0 Å². The second-order valence-electron chi connectivity index (χ2n) is 20.8. The molecule has 16 heteroatoms. The maximum absolute atomic E-state index is 11.8. The minimum atomic E-state index is -1.79. The van der Waals surface area contributed by atoms with Crippen molar-refractivity contribution in [2.24, 2.45) is 52.3 Å². The summed E-state index contributed by atoms with van der Waals surface area (Å²) >= 11 is 0. The van der Waals surface area contributed by atoms with Crippen LogP contribution in [-0.2, 0) is 33.2 Å². The van der Waals surface area contributed by atoms with Crippen molar-refractivity contribution in [3.05, 3.63) is 11.6 Å². The summed E-state index contributed by atoms with van der Waals surface area (Å²) in [6, 6.07) is 0. The van der Waals surface area contributed by atoms with Gasteiger partial charge < -0.3 is 79.1 Å². The van der Waals surface area contributed by atoms with Crippen LogP contribution in [-0.4, -0.2) is 170 Å². The van der Waals surface area contributed by atoms with Gasteiger partial charge in [-0.3, -0.25) is 0 Å². The summed E-state index contributed by atoms with van der Waals surface area (Å²) in [5.74, 6) is 1.07. The fraction of sp³-hybridized carbons (Fsp3) is 0.955. The third kappa shape index (κ3) is 6.84. The van der Waals surface area contributed by atoms with E-state index in [1.807, 2.05) is 0 Å². The van der Waals surface area contributed by atoms with Gasteiger partial charge in [-0.05, 0) is 98.2 Å². The second-order valence-corrected chi connectivity index (χ2v) is 20.8. The lowest BCUT2D eigenvalue weighted by Gasteiger charge is -2.63. The molecule has 16 nitrogen and oxygen atoms in total. The van der Waals surface area contributed by atoms with Gasteiger partial charge in [-0.1, -0.05) is 39.3 Å². The van der Waals surface area contributed by atoms with E-state index < -0.39 is 116 Å². The Balaban J connectivity index is 1.06. The van der Waals surface area contributed by atoms with Crippen LogP contribution in [0.4, 0.5) is 0 Å². The normalized spacial score (nSPS) is 59.2. The fourth-order valence-electron chi connectivity index (χ4n) is 14.4. The molecule has 3 saturated carbocycles. The lowest BCUT2D eigenvalue weighted by molar-refractivity contribution is -0.368. The Morgan fingerprint density at radius 1 is 0.750 bits per heavy atom. The van der Waals surface area contributed by atoms with E-state index >= 15 is 0 Å². The molecule has 60 heavy (non-hydrogen) atoms. The van der Waals surface area contributed by atoms with Crippen LogP contribution >= 0.6 is 0 Å². The second kappa shape index (κ2) is 16.2. The number of rotatable bonds is 6. The minimum absolute atomic E-state index is 0.0409. The molecule has 0 amide bonds. The van der Waals surface area contributed by atoms with Crippen LogP contribution in [0.1, 0.15) is 86.0 Å². The van der Waals surface area contributed by atoms with Crippen LogP contribution in [0.25, 0.3) is 0 Å². The van der Waals surface area contributed by atoms with Gasteiger partial charge in [0.15, 0.2) is 18.4 Å². The Hall–Kier alpha value is -0.900. The number of aliphatic hydroxyl groups excluding tert-OH is 9. The van der Waals surface area contributed by atoms with Crippen LogP contribution in [0, 0.1) is 52.3 Å². The van der Waals surface area contributed by atoms with E-state index in [9.17, 15) is 46.0 Å². The summed E-state index contributed by atoms with van der Waals surface area (Å²) in [6.45, 7) is 10.7. The fourth-order valence-corrected chi connectivity index (χ4v) is 14.4. The van der Waals surface area contributed by atoms with E-state index in [4.69, 9.17) is 33.2 Å². The molecule has 26 atom stereocenters. The van der Waals surface area contributed by atoms with Crippen molar-refractivity contribution in [1.29, 1.82) is 0 Å². The maximum Gasteiger partial charge on any atom is 0.187 e. The minimum Gasteiger partial charge on any atom is -0.394 e. The highest BCUT2D eigenvalue weighted by Crippen LogP contribution is 2.71. The van der Waals surface area contributed by atoms with Gasteiger partial charge in [0.05, 0.1) is 44.2 Å². The first kappa shape index (κ1) is 44.3. The third-order valence-electron chi connectivity index (χ3n) is 17.7. The standard InChI is InChI=1S/C44H70O16/c1-18-8-11-44(55-16-18)19(2)30-28(60-44)14-25-23-7-6-21-12-22(46)13-26(43(21,5)24(23)9-10-42(25,30)4)37-39(59-41-36(53)34(51)33(50)29(15-45)57-41)38(31(48)20(3)56-37)58-40-35(52)32(49)27(47)17-54-40/h6,18-20,22-41,45-53H,7-17H2,1-5H3/t18-,19+,20-,22-,23-,24+,25+,26+,27-,28+,29-,30+,31+,32+,33-,34+,35-,36-,37+,38+,39+,40+,41+,42+,43+,44-/m1/s1. The van der Waals surface area contributed by atoms with Crippen LogP contribution in [0.5, 0.6) is 0 Å². The molecule has 5 aliphatic heterocycles. The van der Waals surface area contributed by atoms with Crippen LogP contribution in [0.15, 0.2) is 11.6 Å². The quantitative estimate of drug-likeness (QED) is 0.161. The van der Waals surface area contributed by atoms with Gasteiger partial charge in [-0.2, -0.15) is 0 Å². The van der Waals surface area contributed by atoms with Crippen molar-refractivity contribution in [3.63, 3.8) is 0 Å². The topological polar surface area (TPSA) is 247 Å². The van der Waals surface area contributed by atoms with Crippen LogP contribution in [0.2, 0.25) is 0 Å². The van der Waals surface area contributed by atoms with E-state index in [1.54, 1.807) is 6.92 Å². The molecule has 0 aromatic carbocycles. The van der Waals surface area contributed by atoms with Crippen molar-refractivity contribution in [2.45, 2.75) is 190 Å².